The fourth-order valence-electron chi connectivity index (χ4n) is 3.42. The van der Waals surface area contributed by atoms with E-state index in [0.717, 1.165) is 16.7 Å². The maximum atomic E-state index is 12.5. The fraction of sp³-hybridized carbons (Fsp3) is 0.259. The Morgan fingerprint density at radius 1 is 1.00 bits per heavy atom. The number of phenolic OH excluding ortho intramolecular Hbond substituents is 1. The van der Waals surface area contributed by atoms with Gasteiger partial charge in [0.1, 0.15) is 23.9 Å². The Balaban J connectivity index is 1.73. The molecule has 0 spiro atoms. The Kier molecular flexibility index (Phi) is 6.98. The van der Waals surface area contributed by atoms with Crippen molar-refractivity contribution in [1.82, 2.24) is 0 Å². The van der Waals surface area contributed by atoms with Gasteiger partial charge < -0.3 is 14.6 Å². The summed E-state index contributed by atoms with van der Waals surface area (Å²) in [6.07, 6.45) is 0.356. The topological polar surface area (TPSA) is 72.8 Å². The van der Waals surface area contributed by atoms with Gasteiger partial charge >= 0.3 is 0 Å². The number of phenols is 1. The lowest BCUT2D eigenvalue weighted by Crippen LogP contribution is -2.13. The molecule has 5 nitrogen and oxygen atoms in total. The van der Waals surface area contributed by atoms with Crippen molar-refractivity contribution >= 4 is 12.3 Å². The van der Waals surface area contributed by atoms with E-state index in [2.05, 4.69) is 0 Å². The first-order valence-corrected chi connectivity index (χ1v) is 10.5. The highest BCUT2D eigenvalue weighted by atomic mass is 16.5. The average molecular weight is 433 g/mol. The van der Waals surface area contributed by atoms with Crippen molar-refractivity contribution in [3.05, 3.63) is 77.4 Å². The molecule has 166 valence electrons. The molecule has 0 bridgehead atoms. The van der Waals surface area contributed by atoms with Gasteiger partial charge in [0, 0.05) is 12.0 Å². The minimum Gasteiger partial charge on any atom is -0.507 e. The van der Waals surface area contributed by atoms with Gasteiger partial charge in [-0.25, -0.2) is 0 Å². The van der Waals surface area contributed by atoms with Gasteiger partial charge in [0.15, 0.2) is 5.78 Å². The lowest BCUT2D eigenvalue weighted by Gasteiger charge is -2.18. The maximum absolute atomic E-state index is 12.5. The van der Waals surface area contributed by atoms with Crippen LogP contribution >= 0.6 is 0 Å². The summed E-state index contributed by atoms with van der Waals surface area (Å²) < 4.78 is 10.8. The SMILES string of the molecule is Cc1c(OCc2cccc(-c3ccc(OC=O)cc3)c2)ccc(C(=O)CC(C)(C)C)c1O. The van der Waals surface area contributed by atoms with Crippen molar-refractivity contribution in [1.29, 1.82) is 0 Å². The number of benzene rings is 3. The molecule has 3 aromatic rings. The van der Waals surface area contributed by atoms with Crippen molar-refractivity contribution in [2.24, 2.45) is 5.41 Å². The Hall–Kier alpha value is -3.60. The lowest BCUT2D eigenvalue weighted by molar-refractivity contribution is -0.120. The molecule has 0 aliphatic carbocycles. The molecule has 0 aliphatic rings. The van der Waals surface area contributed by atoms with E-state index in [-0.39, 0.29) is 16.9 Å². The Bertz CT molecular complexity index is 1110. The van der Waals surface area contributed by atoms with E-state index in [1.807, 2.05) is 57.2 Å². The standard InChI is InChI=1S/C27H28O5/c1-18-25(13-12-23(26(18)30)24(29)15-27(2,3)4)31-16-19-6-5-7-21(14-19)20-8-10-22(11-9-20)32-17-28/h5-14,17,30H,15-16H2,1-4H3. The summed E-state index contributed by atoms with van der Waals surface area (Å²) in [6.45, 7) is 8.45. The third-order valence-corrected chi connectivity index (χ3v) is 5.07. The van der Waals surface area contributed by atoms with Crippen molar-refractivity contribution < 1.29 is 24.2 Å². The largest absolute Gasteiger partial charge is 0.507 e. The molecule has 0 atom stereocenters. The number of hydrogen-bond donors (Lipinski definition) is 1. The zero-order valence-electron chi connectivity index (χ0n) is 18.8. The minimum absolute atomic E-state index is 0.0249. The molecule has 32 heavy (non-hydrogen) atoms. The van der Waals surface area contributed by atoms with Crippen LogP contribution in [0.5, 0.6) is 17.2 Å². The third kappa shape index (κ3) is 5.76. The molecule has 0 radical (unpaired) electrons. The predicted molar refractivity (Wildman–Crippen MR) is 124 cm³/mol. The highest BCUT2D eigenvalue weighted by Crippen LogP contribution is 2.34. The zero-order valence-corrected chi connectivity index (χ0v) is 18.8. The summed E-state index contributed by atoms with van der Waals surface area (Å²) in [5.41, 5.74) is 3.68. The summed E-state index contributed by atoms with van der Waals surface area (Å²) in [5, 5.41) is 10.6. The highest BCUT2D eigenvalue weighted by Gasteiger charge is 2.21. The van der Waals surface area contributed by atoms with Crippen LogP contribution in [0.15, 0.2) is 60.7 Å². The molecule has 0 saturated heterocycles. The first-order chi connectivity index (χ1) is 15.2. The first kappa shape index (κ1) is 23.1. The van der Waals surface area contributed by atoms with E-state index in [1.54, 1.807) is 31.2 Å². The third-order valence-electron chi connectivity index (χ3n) is 5.07. The summed E-state index contributed by atoms with van der Waals surface area (Å²) in [4.78, 5) is 23.0. The molecule has 0 fully saturated rings. The summed E-state index contributed by atoms with van der Waals surface area (Å²) in [6, 6.07) is 18.5. The van der Waals surface area contributed by atoms with Gasteiger partial charge in [0.05, 0.1) is 5.56 Å². The van der Waals surface area contributed by atoms with Crippen LogP contribution in [0.25, 0.3) is 11.1 Å². The van der Waals surface area contributed by atoms with Crippen molar-refractivity contribution in [3.63, 3.8) is 0 Å². The van der Waals surface area contributed by atoms with Crippen LogP contribution in [0, 0.1) is 12.3 Å². The second-order valence-electron chi connectivity index (χ2n) is 8.97. The minimum atomic E-state index is -0.153. The predicted octanol–water partition coefficient (Wildman–Crippen LogP) is 6.10. The highest BCUT2D eigenvalue weighted by molar-refractivity contribution is 5.99. The van der Waals surface area contributed by atoms with Crippen LogP contribution in [0.4, 0.5) is 0 Å². The van der Waals surface area contributed by atoms with Gasteiger partial charge in [-0.05, 0) is 59.4 Å². The number of aromatic hydroxyl groups is 1. The summed E-state index contributed by atoms with van der Waals surface area (Å²) >= 11 is 0. The van der Waals surface area contributed by atoms with Gasteiger partial charge in [-0.1, -0.05) is 51.1 Å². The van der Waals surface area contributed by atoms with Crippen LogP contribution < -0.4 is 9.47 Å². The molecule has 0 saturated carbocycles. The first-order valence-electron chi connectivity index (χ1n) is 10.5. The van der Waals surface area contributed by atoms with E-state index < -0.39 is 0 Å². The molecule has 5 heteroatoms. The molecular formula is C27H28O5. The molecular weight excluding hydrogens is 404 g/mol. The van der Waals surface area contributed by atoms with Gasteiger partial charge in [-0.15, -0.1) is 0 Å². The maximum Gasteiger partial charge on any atom is 0.298 e. The zero-order chi connectivity index (χ0) is 23.3. The number of carbonyl (C=O) groups excluding carboxylic acids is 2. The Labute approximate surface area is 188 Å². The second-order valence-corrected chi connectivity index (χ2v) is 8.97. The Morgan fingerprint density at radius 3 is 2.38 bits per heavy atom. The normalized spacial score (nSPS) is 11.1. The number of ketones is 1. The number of Topliss-reactive ketones (excluding diaryl/α,β-unsaturated/α-hetero) is 1. The molecule has 1 N–H and O–H groups in total. The molecule has 3 aromatic carbocycles. The molecule has 0 unspecified atom stereocenters. The smallest absolute Gasteiger partial charge is 0.298 e. The van der Waals surface area contributed by atoms with E-state index in [0.29, 0.717) is 42.1 Å². The monoisotopic (exact) mass is 432 g/mol. The van der Waals surface area contributed by atoms with Crippen LogP contribution in [-0.2, 0) is 11.4 Å². The van der Waals surface area contributed by atoms with E-state index in [9.17, 15) is 14.7 Å². The number of ether oxygens (including phenoxy) is 2. The molecule has 0 amide bonds. The second kappa shape index (κ2) is 9.69. The molecule has 3 rings (SSSR count). The fourth-order valence-corrected chi connectivity index (χ4v) is 3.42. The van der Waals surface area contributed by atoms with Crippen LogP contribution in [0.3, 0.4) is 0 Å². The van der Waals surface area contributed by atoms with Gasteiger partial charge in [0.25, 0.3) is 6.47 Å². The molecule has 0 aromatic heterocycles. The van der Waals surface area contributed by atoms with Crippen LogP contribution in [0.1, 0.15) is 48.7 Å². The molecule has 0 heterocycles. The number of carbonyl (C=O) groups is 2. The van der Waals surface area contributed by atoms with E-state index >= 15 is 0 Å². The average Bonchev–Trinajstić information content (AvgIpc) is 2.74. The van der Waals surface area contributed by atoms with E-state index in [4.69, 9.17) is 9.47 Å². The summed E-state index contributed by atoms with van der Waals surface area (Å²) in [5.74, 6) is 0.920. The van der Waals surface area contributed by atoms with Crippen LogP contribution in [0.2, 0.25) is 0 Å². The summed E-state index contributed by atoms with van der Waals surface area (Å²) in [7, 11) is 0. The number of hydrogen-bond acceptors (Lipinski definition) is 5. The van der Waals surface area contributed by atoms with Crippen LogP contribution in [-0.4, -0.2) is 17.4 Å². The van der Waals surface area contributed by atoms with Gasteiger partial charge in [0.2, 0.25) is 0 Å². The van der Waals surface area contributed by atoms with Crippen molar-refractivity contribution in [3.8, 4) is 28.4 Å². The molecule has 0 aliphatic heterocycles. The van der Waals surface area contributed by atoms with Gasteiger partial charge in [-0.3, -0.25) is 9.59 Å². The van der Waals surface area contributed by atoms with Crippen molar-refractivity contribution in [2.45, 2.75) is 40.7 Å². The number of rotatable bonds is 8. The van der Waals surface area contributed by atoms with Gasteiger partial charge in [-0.2, -0.15) is 0 Å². The lowest BCUT2D eigenvalue weighted by atomic mass is 9.87. The quantitative estimate of drug-likeness (QED) is 0.344. The van der Waals surface area contributed by atoms with E-state index in [1.165, 1.54) is 0 Å². The van der Waals surface area contributed by atoms with Crippen molar-refractivity contribution in [2.75, 3.05) is 0 Å². The Morgan fingerprint density at radius 2 is 1.72 bits per heavy atom.